The van der Waals surface area contributed by atoms with Crippen molar-refractivity contribution in [1.29, 1.82) is 0 Å². The molecule has 9 nitrogen and oxygen atoms in total. The van der Waals surface area contributed by atoms with Crippen molar-refractivity contribution in [3.63, 3.8) is 0 Å². The van der Waals surface area contributed by atoms with Gasteiger partial charge in [0, 0.05) is 11.1 Å². The highest BCUT2D eigenvalue weighted by molar-refractivity contribution is 7.92. The fraction of sp³-hybridized carbons (Fsp3) is 0.231. The molecule has 0 spiro atoms. The van der Waals surface area contributed by atoms with Crippen LogP contribution in [0.4, 0.5) is 5.69 Å². The van der Waals surface area contributed by atoms with Gasteiger partial charge < -0.3 is 14.2 Å². The zero-order valence-corrected chi connectivity index (χ0v) is 21.6. The highest BCUT2D eigenvalue weighted by Crippen LogP contribution is 2.37. The van der Waals surface area contributed by atoms with Gasteiger partial charge in [-0.1, -0.05) is 29.8 Å². The third-order valence-electron chi connectivity index (χ3n) is 5.33. The molecule has 190 valence electrons. The predicted molar refractivity (Wildman–Crippen MR) is 140 cm³/mol. The second-order valence-corrected chi connectivity index (χ2v) is 9.87. The van der Waals surface area contributed by atoms with E-state index in [0.717, 1.165) is 17.4 Å². The molecular weight excluding hydrogens is 482 g/mol. The number of carbonyl (C=O) groups excluding carboxylic acids is 1. The molecule has 1 N–H and O–H groups in total. The fourth-order valence-electron chi connectivity index (χ4n) is 3.44. The number of amides is 1. The van der Waals surface area contributed by atoms with Gasteiger partial charge in [-0.2, -0.15) is 5.10 Å². The Morgan fingerprint density at radius 1 is 0.944 bits per heavy atom. The number of anilines is 1. The molecule has 0 radical (unpaired) electrons. The lowest BCUT2D eigenvalue weighted by Gasteiger charge is -2.22. The van der Waals surface area contributed by atoms with Gasteiger partial charge >= 0.3 is 0 Å². The van der Waals surface area contributed by atoms with Crippen LogP contribution >= 0.6 is 0 Å². The molecule has 36 heavy (non-hydrogen) atoms. The summed E-state index contributed by atoms with van der Waals surface area (Å²) in [6.07, 6.45) is 2.60. The minimum Gasteiger partial charge on any atom is -0.493 e. The molecule has 0 unspecified atom stereocenters. The molecule has 0 saturated carbocycles. The van der Waals surface area contributed by atoms with Crippen molar-refractivity contribution in [3.05, 3.63) is 82.9 Å². The summed E-state index contributed by atoms with van der Waals surface area (Å²) < 4.78 is 42.1. The molecule has 0 aliphatic rings. The monoisotopic (exact) mass is 511 g/mol. The molecule has 3 rings (SSSR count). The summed E-state index contributed by atoms with van der Waals surface area (Å²) in [4.78, 5) is 12.6. The number of carbonyl (C=O) groups is 1. The van der Waals surface area contributed by atoms with Gasteiger partial charge in [-0.3, -0.25) is 9.10 Å². The number of sulfonamides is 1. The van der Waals surface area contributed by atoms with Crippen molar-refractivity contribution in [2.75, 3.05) is 31.9 Å². The standard InChI is InChI=1S/C26H29N3O6S/c1-18-6-8-19(9-7-18)17-29(36(5,31)32)22-12-10-21(11-13-22)26(30)28-27-16-20-14-23(33-2)25(35-4)24(15-20)34-3/h6-16H,17H2,1-5H3,(H,28,30)/b27-16-. The zero-order valence-electron chi connectivity index (χ0n) is 20.8. The summed E-state index contributed by atoms with van der Waals surface area (Å²) in [5.41, 5.74) is 5.81. The van der Waals surface area contributed by atoms with E-state index in [1.54, 1.807) is 36.4 Å². The maximum atomic E-state index is 12.6. The van der Waals surface area contributed by atoms with Gasteiger partial charge in [0.15, 0.2) is 11.5 Å². The van der Waals surface area contributed by atoms with Gasteiger partial charge in [0.25, 0.3) is 5.91 Å². The molecule has 0 aromatic heterocycles. The topological polar surface area (TPSA) is 107 Å². The lowest BCUT2D eigenvalue weighted by molar-refractivity contribution is 0.0955. The SMILES string of the molecule is COc1cc(/C=N\NC(=O)c2ccc(N(Cc3ccc(C)cc3)S(C)(=O)=O)cc2)cc(OC)c1OC. The highest BCUT2D eigenvalue weighted by atomic mass is 32.2. The molecule has 0 heterocycles. The summed E-state index contributed by atoms with van der Waals surface area (Å²) in [7, 11) is 0.989. The Morgan fingerprint density at radius 2 is 1.53 bits per heavy atom. The van der Waals surface area contributed by atoms with E-state index in [2.05, 4.69) is 10.5 Å². The number of methoxy groups -OCH3 is 3. The first-order chi connectivity index (χ1) is 17.2. The Morgan fingerprint density at radius 3 is 2.03 bits per heavy atom. The Kier molecular flexibility index (Phi) is 8.55. The van der Waals surface area contributed by atoms with Gasteiger partial charge in [0.05, 0.1) is 46.0 Å². The van der Waals surface area contributed by atoms with E-state index in [-0.39, 0.29) is 6.54 Å². The Bertz CT molecular complexity index is 1310. The lowest BCUT2D eigenvalue weighted by atomic mass is 10.1. The van der Waals surface area contributed by atoms with E-state index in [1.807, 2.05) is 31.2 Å². The summed E-state index contributed by atoms with van der Waals surface area (Å²) in [5.74, 6) is 0.920. The van der Waals surface area contributed by atoms with Crippen molar-refractivity contribution >= 4 is 27.8 Å². The van der Waals surface area contributed by atoms with Gasteiger partial charge in [0.1, 0.15) is 0 Å². The number of benzene rings is 3. The summed E-state index contributed by atoms with van der Waals surface area (Å²) >= 11 is 0. The zero-order chi connectivity index (χ0) is 26.3. The lowest BCUT2D eigenvalue weighted by Crippen LogP contribution is -2.29. The minimum absolute atomic E-state index is 0.184. The fourth-order valence-corrected chi connectivity index (χ4v) is 4.33. The van der Waals surface area contributed by atoms with Crippen LogP contribution in [0.15, 0.2) is 65.8 Å². The Balaban J connectivity index is 1.73. The third kappa shape index (κ3) is 6.54. The third-order valence-corrected chi connectivity index (χ3v) is 6.47. The number of nitrogens with zero attached hydrogens (tertiary/aromatic N) is 2. The van der Waals surface area contributed by atoms with Crippen molar-refractivity contribution in [2.45, 2.75) is 13.5 Å². The first-order valence-corrected chi connectivity index (χ1v) is 12.8. The van der Waals surface area contributed by atoms with E-state index in [4.69, 9.17) is 14.2 Å². The van der Waals surface area contributed by atoms with E-state index in [0.29, 0.717) is 34.1 Å². The van der Waals surface area contributed by atoms with Gasteiger partial charge in [-0.05, 0) is 48.9 Å². The Labute approximate surface area is 211 Å². The van der Waals surface area contributed by atoms with Crippen LogP contribution in [-0.2, 0) is 16.6 Å². The van der Waals surface area contributed by atoms with Gasteiger partial charge in [-0.25, -0.2) is 13.8 Å². The molecule has 0 saturated heterocycles. The molecule has 1 amide bonds. The maximum Gasteiger partial charge on any atom is 0.271 e. The minimum atomic E-state index is -3.54. The molecule has 10 heteroatoms. The first-order valence-electron chi connectivity index (χ1n) is 10.9. The molecule has 3 aromatic carbocycles. The quantitative estimate of drug-likeness (QED) is 0.328. The van der Waals surface area contributed by atoms with Gasteiger partial charge in [-0.15, -0.1) is 0 Å². The molecule has 0 aliphatic heterocycles. The number of hydrogen-bond donors (Lipinski definition) is 1. The number of aryl methyl sites for hydroxylation is 1. The van der Waals surface area contributed by atoms with Crippen LogP contribution < -0.4 is 23.9 Å². The van der Waals surface area contributed by atoms with Crippen LogP contribution in [-0.4, -0.2) is 48.1 Å². The average Bonchev–Trinajstić information content (AvgIpc) is 2.87. The van der Waals surface area contributed by atoms with Crippen LogP contribution in [0.3, 0.4) is 0 Å². The van der Waals surface area contributed by atoms with E-state index in [9.17, 15) is 13.2 Å². The van der Waals surface area contributed by atoms with Crippen LogP contribution in [0.2, 0.25) is 0 Å². The van der Waals surface area contributed by atoms with Crippen molar-refractivity contribution in [3.8, 4) is 17.2 Å². The van der Waals surface area contributed by atoms with Crippen molar-refractivity contribution in [1.82, 2.24) is 5.43 Å². The smallest absolute Gasteiger partial charge is 0.271 e. The van der Waals surface area contributed by atoms with Gasteiger partial charge in [0.2, 0.25) is 15.8 Å². The summed E-state index contributed by atoms with van der Waals surface area (Å²) in [5, 5.41) is 4.00. The Hall–Kier alpha value is -4.05. The number of hydrazone groups is 1. The molecule has 0 fully saturated rings. The second kappa shape index (κ2) is 11.6. The van der Waals surface area contributed by atoms with Crippen molar-refractivity contribution < 1.29 is 27.4 Å². The van der Waals surface area contributed by atoms with E-state index < -0.39 is 15.9 Å². The van der Waals surface area contributed by atoms with E-state index in [1.165, 1.54) is 31.8 Å². The number of ether oxygens (including phenoxy) is 3. The molecule has 0 atom stereocenters. The van der Waals surface area contributed by atoms with Crippen LogP contribution in [0.25, 0.3) is 0 Å². The number of rotatable bonds is 10. The predicted octanol–water partition coefficient (Wildman–Crippen LogP) is 3.75. The highest BCUT2D eigenvalue weighted by Gasteiger charge is 2.18. The van der Waals surface area contributed by atoms with Crippen LogP contribution in [0, 0.1) is 6.92 Å². The maximum absolute atomic E-state index is 12.6. The van der Waals surface area contributed by atoms with Crippen LogP contribution in [0.5, 0.6) is 17.2 Å². The summed E-state index contributed by atoms with van der Waals surface area (Å²) in [6.45, 7) is 2.15. The van der Waals surface area contributed by atoms with Crippen molar-refractivity contribution in [2.24, 2.45) is 5.10 Å². The first kappa shape index (κ1) is 26.6. The largest absolute Gasteiger partial charge is 0.493 e. The molecule has 0 aliphatic carbocycles. The summed E-state index contributed by atoms with van der Waals surface area (Å²) in [6, 6.07) is 17.3. The molecular formula is C26H29N3O6S. The normalized spacial score (nSPS) is 11.2. The second-order valence-electron chi connectivity index (χ2n) is 7.96. The van der Waals surface area contributed by atoms with E-state index >= 15 is 0 Å². The average molecular weight is 512 g/mol. The molecule has 3 aromatic rings. The molecule has 0 bridgehead atoms. The number of nitrogens with one attached hydrogen (secondary N) is 1. The number of hydrogen-bond acceptors (Lipinski definition) is 7. The van der Waals surface area contributed by atoms with Crippen LogP contribution in [0.1, 0.15) is 27.0 Å².